The summed E-state index contributed by atoms with van der Waals surface area (Å²) in [4.78, 5) is 4.52. The van der Waals surface area contributed by atoms with E-state index in [0.29, 0.717) is 24.1 Å². The molecule has 4 nitrogen and oxygen atoms in total. The Morgan fingerprint density at radius 2 is 1.95 bits per heavy atom. The molecule has 0 spiro atoms. The average molecular weight is 278 g/mol. The van der Waals surface area contributed by atoms with E-state index in [1.54, 1.807) is 0 Å². The molecule has 2 fully saturated rings. The molecule has 0 amide bonds. The standard InChI is InChI=1S/C16H26N2O2/c1-2-3-11-4-6-13(7-5-11)16-17-15(20-18-16)10-14(19)12-8-9-12/h11-14,19H,2-10H2,1H3. The van der Waals surface area contributed by atoms with Gasteiger partial charge >= 0.3 is 0 Å². The van der Waals surface area contributed by atoms with Crippen LogP contribution in [0.2, 0.25) is 0 Å². The van der Waals surface area contributed by atoms with Crippen LogP contribution in [0.4, 0.5) is 0 Å². The van der Waals surface area contributed by atoms with Gasteiger partial charge in [-0.15, -0.1) is 0 Å². The molecule has 1 aromatic heterocycles. The quantitative estimate of drug-likeness (QED) is 0.865. The molecule has 2 aliphatic rings. The first kappa shape index (κ1) is 14.1. The molecule has 0 radical (unpaired) electrons. The number of rotatable bonds is 6. The maximum Gasteiger partial charge on any atom is 0.229 e. The smallest absolute Gasteiger partial charge is 0.229 e. The first-order valence-electron chi connectivity index (χ1n) is 8.26. The summed E-state index contributed by atoms with van der Waals surface area (Å²) in [5, 5.41) is 14.1. The molecule has 112 valence electrons. The first-order chi connectivity index (χ1) is 9.76. The van der Waals surface area contributed by atoms with Gasteiger partial charge < -0.3 is 9.63 Å². The topological polar surface area (TPSA) is 59.2 Å². The van der Waals surface area contributed by atoms with Gasteiger partial charge in [0, 0.05) is 5.92 Å². The van der Waals surface area contributed by atoms with Crippen LogP contribution in [0.15, 0.2) is 4.52 Å². The Morgan fingerprint density at radius 3 is 2.60 bits per heavy atom. The molecule has 1 unspecified atom stereocenters. The van der Waals surface area contributed by atoms with E-state index in [1.807, 2.05) is 0 Å². The summed E-state index contributed by atoms with van der Waals surface area (Å²) in [6.07, 6.45) is 10.2. The Hall–Kier alpha value is -0.900. The number of nitrogens with zero attached hydrogens (tertiary/aromatic N) is 2. The van der Waals surface area contributed by atoms with E-state index in [-0.39, 0.29) is 6.10 Å². The normalized spacial score (nSPS) is 28.5. The molecule has 0 bridgehead atoms. The summed E-state index contributed by atoms with van der Waals surface area (Å²) >= 11 is 0. The summed E-state index contributed by atoms with van der Waals surface area (Å²) in [7, 11) is 0. The van der Waals surface area contributed by atoms with E-state index in [1.165, 1.54) is 38.5 Å². The van der Waals surface area contributed by atoms with Crippen LogP contribution >= 0.6 is 0 Å². The molecule has 3 rings (SSSR count). The van der Waals surface area contributed by atoms with Gasteiger partial charge in [0.2, 0.25) is 5.89 Å². The van der Waals surface area contributed by atoms with Gasteiger partial charge in [0.25, 0.3) is 0 Å². The van der Waals surface area contributed by atoms with Gasteiger partial charge in [0.1, 0.15) is 0 Å². The van der Waals surface area contributed by atoms with Crippen molar-refractivity contribution in [3.05, 3.63) is 11.7 Å². The third-order valence-corrected chi connectivity index (χ3v) is 4.94. The zero-order valence-corrected chi connectivity index (χ0v) is 12.4. The lowest BCUT2D eigenvalue weighted by atomic mass is 9.80. The van der Waals surface area contributed by atoms with E-state index in [9.17, 15) is 5.11 Å². The Kier molecular flexibility index (Phi) is 4.39. The Labute approximate surface area is 121 Å². The summed E-state index contributed by atoms with van der Waals surface area (Å²) in [6, 6.07) is 0. The van der Waals surface area contributed by atoms with Crippen molar-refractivity contribution in [1.29, 1.82) is 0 Å². The van der Waals surface area contributed by atoms with E-state index in [4.69, 9.17) is 4.52 Å². The van der Waals surface area contributed by atoms with Gasteiger partial charge in [0.05, 0.1) is 12.5 Å². The predicted octanol–water partition coefficient (Wildman–Crippen LogP) is 3.46. The number of hydrogen-bond acceptors (Lipinski definition) is 4. The maximum atomic E-state index is 9.93. The van der Waals surface area contributed by atoms with E-state index in [0.717, 1.165) is 24.6 Å². The fraction of sp³-hybridized carbons (Fsp3) is 0.875. The molecule has 2 aliphatic carbocycles. The van der Waals surface area contributed by atoms with Crippen LogP contribution in [-0.2, 0) is 6.42 Å². The van der Waals surface area contributed by atoms with Crippen molar-refractivity contribution in [2.75, 3.05) is 0 Å². The SMILES string of the molecule is CCCC1CCC(c2noc(CC(O)C3CC3)n2)CC1. The van der Waals surface area contributed by atoms with Crippen LogP contribution in [0.1, 0.15) is 75.9 Å². The molecule has 20 heavy (non-hydrogen) atoms. The van der Waals surface area contributed by atoms with Crippen LogP contribution in [0.3, 0.4) is 0 Å². The lowest BCUT2D eigenvalue weighted by Crippen LogP contribution is -2.15. The third kappa shape index (κ3) is 3.40. The zero-order valence-electron chi connectivity index (χ0n) is 12.4. The molecule has 4 heteroatoms. The number of aliphatic hydroxyl groups excluding tert-OH is 1. The fourth-order valence-corrected chi connectivity index (χ4v) is 3.46. The number of aliphatic hydroxyl groups is 1. The third-order valence-electron chi connectivity index (χ3n) is 4.94. The van der Waals surface area contributed by atoms with Crippen LogP contribution in [0, 0.1) is 11.8 Å². The predicted molar refractivity (Wildman–Crippen MR) is 76.3 cm³/mol. The second-order valence-corrected chi connectivity index (χ2v) is 6.66. The van der Waals surface area contributed by atoms with Crippen LogP contribution < -0.4 is 0 Å². The highest BCUT2D eigenvalue weighted by Gasteiger charge is 2.31. The summed E-state index contributed by atoms with van der Waals surface area (Å²) in [5.41, 5.74) is 0. The lowest BCUT2D eigenvalue weighted by molar-refractivity contribution is 0.140. The van der Waals surface area contributed by atoms with E-state index < -0.39 is 0 Å². The van der Waals surface area contributed by atoms with Crippen molar-refractivity contribution < 1.29 is 9.63 Å². The van der Waals surface area contributed by atoms with Gasteiger partial charge in [-0.1, -0.05) is 24.9 Å². The highest BCUT2D eigenvalue weighted by Crippen LogP contribution is 2.37. The highest BCUT2D eigenvalue weighted by atomic mass is 16.5. The molecule has 1 aromatic rings. The van der Waals surface area contributed by atoms with Crippen molar-refractivity contribution in [2.24, 2.45) is 11.8 Å². The van der Waals surface area contributed by atoms with Crippen LogP contribution in [0.25, 0.3) is 0 Å². The second kappa shape index (κ2) is 6.25. The second-order valence-electron chi connectivity index (χ2n) is 6.66. The van der Waals surface area contributed by atoms with Crippen molar-refractivity contribution in [3.63, 3.8) is 0 Å². The molecule has 0 saturated heterocycles. The summed E-state index contributed by atoms with van der Waals surface area (Å²) in [6.45, 7) is 2.27. The fourth-order valence-electron chi connectivity index (χ4n) is 3.46. The summed E-state index contributed by atoms with van der Waals surface area (Å²) in [5.74, 6) is 3.33. The lowest BCUT2D eigenvalue weighted by Gasteiger charge is -2.26. The van der Waals surface area contributed by atoms with Gasteiger partial charge in [-0.2, -0.15) is 4.98 Å². The molecule has 0 aliphatic heterocycles. The number of aromatic nitrogens is 2. The van der Waals surface area contributed by atoms with E-state index >= 15 is 0 Å². The summed E-state index contributed by atoms with van der Waals surface area (Å²) < 4.78 is 5.32. The van der Waals surface area contributed by atoms with Gasteiger partial charge in [-0.3, -0.25) is 0 Å². The van der Waals surface area contributed by atoms with Crippen molar-refractivity contribution >= 4 is 0 Å². The van der Waals surface area contributed by atoms with Crippen LogP contribution in [0.5, 0.6) is 0 Å². The van der Waals surface area contributed by atoms with Gasteiger partial charge in [-0.05, 0) is 50.4 Å². The minimum atomic E-state index is -0.288. The monoisotopic (exact) mass is 278 g/mol. The van der Waals surface area contributed by atoms with Gasteiger partial charge in [0.15, 0.2) is 5.82 Å². The van der Waals surface area contributed by atoms with Crippen molar-refractivity contribution in [2.45, 2.75) is 76.7 Å². The maximum absolute atomic E-state index is 9.93. The zero-order chi connectivity index (χ0) is 13.9. The largest absolute Gasteiger partial charge is 0.392 e. The minimum Gasteiger partial charge on any atom is -0.392 e. The van der Waals surface area contributed by atoms with Gasteiger partial charge in [-0.25, -0.2) is 0 Å². The number of hydrogen-bond donors (Lipinski definition) is 1. The first-order valence-corrected chi connectivity index (χ1v) is 8.26. The molecule has 1 atom stereocenters. The average Bonchev–Trinajstić information content (AvgIpc) is 3.21. The molecular weight excluding hydrogens is 252 g/mol. The Bertz CT molecular complexity index is 420. The molecule has 1 heterocycles. The Morgan fingerprint density at radius 1 is 1.20 bits per heavy atom. The molecule has 1 N–H and O–H groups in total. The highest BCUT2D eigenvalue weighted by molar-refractivity contribution is 4.99. The van der Waals surface area contributed by atoms with E-state index in [2.05, 4.69) is 17.1 Å². The Balaban J connectivity index is 1.51. The van der Waals surface area contributed by atoms with Crippen LogP contribution in [-0.4, -0.2) is 21.4 Å². The van der Waals surface area contributed by atoms with Crippen molar-refractivity contribution in [1.82, 2.24) is 10.1 Å². The van der Waals surface area contributed by atoms with Crippen molar-refractivity contribution in [3.8, 4) is 0 Å². The molecule has 2 saturated carbocycles. The minimum absolute atomic E-state index is 0.288. The molecule has 0 aromatic carbocycles. The molecular formula is C16H26N2O2.